The molecule has 0 bridgehead atoms. The van der Waals surface area contributed by atoms with Crippen LogP contribution < -0.4 is 5.32 Å². The Balaban J connectivity index is 1.85. The minimum atomic E-state index is -0.993. The Morgan fingerprint density at radius 3 is 2.32 bits per heavy atom. The van der Waals surface area contributed by atoms with Gasteiger partial charge in [-0.1, -0.05) is 17.2 Å². The quantitative estimate of drug-likeness (QED) is 0.831. The van der Waals surface area contributed by atoms with Crippen LogP contribution in [-0.2, 0) is 9.57 Å². The zero-order chi connectivity index (χ0) is 18.1. The highest BCUT2D eigenvalue weighted by Gasteiger charge is 2.39. The third kappa shape index (κ3) is 2.83. The molecular weight excluding hydrogens is 350 g/mol. The van der Waals surface area contributed by atoms with Gasteiger partial charge in [-0.2, -0.15) is 4.37 Å². The number of rotatable bonds is 3. The van der Waals surface area contributed by atoms with Gasteiger partial charge in [0.05, 0.1) is 23.9 Å². The summed E-state index contributed by atoms with van der Waals surface area (Å²) in [6.07, 6.45) is -0.793. The largest absolute Gasteiger partial charge is 0.453 e. The number of carbonyl (C=O) groups is 4. The van der Waals surface area contributed by atoms with Gasteiger partial charge in [-0.3, -0.25) is 14.9 Å². The minimum Gasteiger partial charge on any atom is -0.453 e. The molecule has 2 aromatic rings. The predicted molar refractivity (Wildman–Crippen MR) is 85.2 cm³/mol. The number of nitrogens with one attached hydrogen (secondary N) is 1. The molecule has 0 saturated heterocycles. The van der Waals surface area contributed by atoms with Gasteiger partial charge in [0.2, 0.25) is 0 Å². The first-order valence-corrected chi connectivity index (χ1v) is 7.72. The molecule has 1 aliphatic rings. The Kier molecular flexibility index (Phi) is 4.19. The molecule has 0 unspecified atom stereocenters. The monoisotopic (exact) mass is 361 g/mol. The summed E-state index contributed by atoms with van der Waals surface area (Å²) >= 11 is 0.844. The fraction of sp³-hybridized carbons (Fsp3) is 0.133. The summed E-state index contributed by atoms with van der Waals surface area (Å²) < 4.78 is 8.43. The van der Waals surface area contributed by atoms with Crippen molar-refractivity contribution in [2.75, 3.05) is 12.4 Å². The van der Waals surface area contributed by atoms with E-state index < -0.39 is 23.9 Å². The SMILES string of the molecule is COC(=O)Nc1snc(C)c1C(=O)ON1C(=O)c2ccccc2C1=O. The standard InChI is InChI=1S/C15H11N3O6S/c1-7-10(11(25-17-7)16-15(22)23-2)14(21)24-18-12(19)8-5-3-4-6-9(8)13(18)20/h3-6H,1-2H3,(H,16,22). The van der Waals surface area contributed by atoms with Crippen LogP contribution >= 0.6 is 11.5 Å². The van der Waals surface area contributed by atoms with Gasteiger partial charge in [-0.25, -0.2) is 9.59 Å². The lowest BCUT2D eigenvalue weighted by Crippen LogP contribution is -2.33. The van der Waals surface area contributed by atoms with E-state index in [0.29, 0.717) is 5.06 Å². The molecule has 1 N–H and O–H groups in total. The van der Waals surface area contributed by atoms with Crippen LogP contribution in [0.3, 0.4) is 0 Å². The smallest absolute Gasteiger partial charge is 0.412 e. The number of nitrogens with zero attached hydrogens (tertiary/aromatic N) is 2. The molecule has 25 heavy (non-hydrogen) atoms. The molecule has 10 heteroatoms. The van der Waals surface area contributed by atoms with Crippen molar-refractivity contribution >= 4 is 40.4 Å². The van der Waals surface area contributed by atoms with Crippen LogP contribution in [0.2, 0.25) is 0 Å². The zero-order valence-electron chi connectivity index (χ0n) is 13.1. The van der Waals surface area contributed by atoms with Crippen molar-refractivity contribution in [1.29, 1.82) is 0 Å². The molecule has 2 heterocycles. The predicted octanol–water partition coefficient (Wildman–Crippen LogP) is 2.00. The van der Waals surface area contributed by atoms with Gasteiger partial charge in [0, 0.05) is 0 Å². The summed E-state index contributed by atoms with van der Waals surface area (Å²) in [5, 5.41) is 2.82. The van der Waals surface area contributed by atoms with Crippen LogP contribution in [0, 0.1) is 6.92 Å². The zero-order valence-corrected chi connectivity index (χ0v) is 13.9. The molecular formula is C15H11N3O6S. The Bertz CT molecular complexity index is 871. The van der Waals surface area contributed by atoms with Crippen LogP contribution in [0.15, 0.2) is 24.3 Å². The van der Waals surface area contributed by atoms with Crippen molar-refractivity contribution in [3.63, 3.8) is 0 Å². The molecule has 0 atom stereocenters. The van der Waals surface area contributed by atoms with Crippen molar-refractivity contribution in [1.82, 2.24) is 9.44 Å². The summed E-state index contributed by atoms with van der Waals surface area (Å²) in [7, 11) is 1.17. The van der Waals surface area contributed by atoms with Gasteiger partial charge in [0.25, 0.3) is 11.8 Å². The number of imide groups is 1. The molecule has 3 amide bonds. The van der Waals surface area contributed by atoms with Crippen LogP contribution in [-0.4, -0.2) is 40.4 Å². The lowest BCUT2D eigenvalue weighted by molar-refractivity contribution is -0.0584. The highest BCUT2D eigenvalue weighted by Crippen LogP contribution is 2.28. The van der Waals surface area contributed by atoms with E-state index in [-0.39, 0.29) is 27.4 Å². The number of hydrogen-bond acceptors (Lipinski definition) is 8. The number of fused-ring (bicyclic) bond motifs is 1. The van der Waals surface area contributed by atoms with Gasteiger partial charge < -0.3 is 9.57 Å². The summed E-state index contributed by atoms with van der Waals surface area (Å²) in [5.74, 6) is -2.47. The average molecular weight is 361 g/mol. The molecule has 3 rings (SSSR count). The first-order valence-electron chi connectivity index (χ1n) is 6.95. The number of amides is 3. The molecule has 0 fully saturated rings. The molecule has 0 aliphatic carbocycles. The Morgan fingerprint density at radius 2 is 1.76 bits per heavy atom. The second kappa shape index (κ2) is 6.32. The number of carbonyl (C=O) groups excluding carboxylic acids is 4. The topological polar surface area (TPSA) is 115 Å². The average Bonchev–Trinajstić information content (AvgIpc) is 3.08. The van der Waals surface area contributed by atoms with E-state index in [1.165, 1.54) is 26.2 Å². The second-order valence-electron chi connectivity index (χ2n) is 4.92. The Labute approximate surface area is 145 Å². The summed E-state index contributed by atoms with van der Waals surface area (Å²) in [4.78, 5) is 53.2. The van der Waals surface area contributed by atoms with Crippen LogP contribution in [0.4, 0.5) is 9.80 Å². The van der Waals surface area contributed by atoms with E-state index in [9.17, 15) is 19.2 Å². The highest BCUT2D eigenvalue weighted by atomic mass is 32.1. The first-order chi connectivity index (χ1) is 11.9. The molecule has 0 saturated carbocycles. The summed E-state index contributed by atoms with van der Waals surface area (Å²) in [6, 6.07) is 6.12. The maximum absolute atomic E-state index is 12.4. The molecule has 0 spiro atoms. The van der Waals surface area contributed by atoms with Gasteiger partial charge in [0.1, 0.15) is 10.6 Å². The van der Waals surface area contributed by atoms with E-state index in [0.717, 1.165) is 11.5 Å². The maximum Gasteiger partial charge on any atom is 0.412 e. The number of anilines is 1. The molecule has 1 aromatic carbocycles. The van der Waals surface area contributed by atoms with Crippen molar-refractivity contribution in [3.8, 4) is 0 Å². The fourth-order valence-corrected chi connectivity index (χ4v) is 2.99. The number of ether oxygens (including phenoxy) is 1. The van der Waals surface area contributed by atoms with Gasteiger partial charge >= 0.3 is 12.1 Å². The van der Waals surface area contributed by atoms with Gasteiger partial charge in [-0.05, 0) is 30.6 Å². The number of methoxy groups -OCH3 is 1. The minimum absolute atomic E-state index is 0.0630. The van der Waals surface area contributed by atoms with Crippen molar-refractivity contribution in [2.24, 2.45) is 0 Å². The van der Waals surface area contributed by atoms with Crippen LogP contribution in [0.1, 0.15) is 36.8 Å². The molecule has 128 valence electrons. The van der Waals surface area contributed by atoms with E-state index in [1.807, 2.05) is 0 Å². The summed E-state index contributed by atoms with van der Waals surface area (Å²) in [5.41, 5.74) is 0.506. The lowest BCUT2D eigenvalue weighted by Gasteiger charge is -2.13. The Morgan fingerprint density at radius 1 is 1.16 bits per heavy atom. The number of aromatic nitrogens is 1. The van der Waals surface area contributed by atoms with E-state index >= 15 is 0 Å². The fourth-order valence-electron chi connectivity index (χ4n) is 2.22. The van der Waals surface area contributed by atoms with Crippen molar-refractivity contribution < 1.29 is 28.8 Å². The number of hydroxylamine groups is 2. The van der Waals surface area contributed by atoms with Gasteiger partial charge in [0.15, 0.2) is 0 Å². The first kappa shape index (κ1) is 16.6. The van der Waals surface area contributed by atoms with E-state index in [4.69, 9.17) is 4.84 Å². The molecule has 1 aromatic heterocycles. The number of aryl methyl sites for hydroxylation is 1. The maximum atomic E-state index is 12.4. The van der Waals surface area contributed by atoms with Crippen molar-refractivity contribution in [3.05, 3.63) is 46.6 Å². The van der Waals surface area contributed by atoms with Crippen LogP contribution in [0.25, 0.3) is 0 Å². The highest BCUT2D eigenvalue weighted by molar-refractivity contribution is 7.11. The number of benzene rings is 1. The normalized spacial score (nSPS) is 12.8. The second-order valence-corrected chi connectivity index (χ2v) is 5.69. The summed E-state index contributed by atoms with van der Waals surface area (Å²) in [6.45, 7) is 1.53. The molecule has 1 aliphatic heterocycles. The van der Waals surface area contributed by atoms with Crippen molar-refractivity contribution in [2.45, 2.75) is 6.92 Å². The lowest BCUT2D eigenvalue weighted by atomic mass is 10.1. The Hall–Kier alpha value is -3.27. The van der Waals surface area contributed by atoms with Gasteiger partial charge in [-0.15, -0.1) is 0 Å². The van der Waals surface area contributed by atoms with Crippen LogP contribution in [0.5, 0.6) is 0 Å². The molecule has 9 nitrogen and oxygen atoms in total. The molecule has 0 radical (unpaired) electrons. The third-order valence-corrected chi connectivity index (χ3v) is 4.25. The number of hydrogen-bond donors (Lipinski definition) is 1. The third-order valence-electron chi connectivity index (χ3n) is 3.40. The van der Waals surface area contributed by atoms with E-state index in [1.54, 1.807) is 12.1 Å². The van der Waals surface area contributed by atoms with E-state index in [2.05, 4.69) is 14.4 Å².